The van der Waals surface area contributed by atoms with E-state index in [0.29, 0.717) is 0 Å². The van der Waals surface area contributed by atoms with Crippen LogP contribution in [0.4, 0.5) is 11.4 Å². The second-order valence-electron chi connectivity index (χ2n) is 10.2. The number of nitrogens with zero attached hydrogens (tertiary/aromatic N) is 2. The van der Waals surface area contributed by atoms with Gasteiger partial charge in [-0.15, -0.1) is 0 Å². The normalized spacial score (nSPS) is 19.7. The molecule has 8 rings (SSSR count). The Labute approximate surface area is 237 Å². The topological polar surface area (TPSA) is 6.48 Å². The smallest absolute Gasteiger partial charge is 0.0805 e. The predicted octanol–water partition coefficient (Wildman–Crippen LogP) is 9.45. The first kappa shape index (κ1) is 22.3. The van der Waals surface area contributed by atoms with Crippen LogP contribution in [-0.2, 0) is 0 Å². The lowest BCUT2D eigenvalue weighted by molar-refractivity contribution is 0.859. The van der Waals surface area contributed by atoms with Crippen LogP contribution in [0, 0.1) is 0 Å². The Balaban J connectivity index is 1.26. The molecule has 4 aliphatic rings. The highest BCUT2D eigenvalue weighted by atomic mass is 79.9. The maximum atomic E-state index is 3.84. The quantitative estimate of drug-likeness (QED) is 0.219. The van der Waals surface area contributed by atoms with Crippen LogP contribution in [0.1, 0.15) is 45.5 Å². The zero-order valence-electron chi connectivity index (χ0n) is 20.3. The van der Waals surface area contributed by atoms with Gasteiger partial charge in [-0.05, 0) is 69.8 Å². The summed E-state index contributed by atoms with van der Waals surface area (Å²) in [5, 5.41) is 0. The molecular formula is C32H22Br2N2S. The first-order valence-electron chi connectivity index (χ1n) is 12.4. The van der Waals surface area contributed by atoms with E-state index < -0.39 is 0 Å². The number of hydrogen-bond donors (Lipinski definition) is 0. The van der Waals surface area contributed by atoms with Crippen molar-refractivity contribution >= 4 is 78.3 Å². The van der Waals surface area contributed by atoms with Gasteiger partial charge in [-0.25, -0.2) is 0 Å². The molecule has 2 aliphatic heterocycles. The average Bonchev–Trinajstić information content (AvgIpc) is 3.59. The summed E-state index contributed by atoms with van der Waals surface area (Å²) in [6.07, 6.45) is 4.75. The van der Waals surface area contributed by atoms with Gasteiger partial charge >= 0.3 is 0 Å². The van der Waals surface area contributed by atoms with E-state index in [-0.39, 0.29) is 12.1 Å². The minimum atomic E-state index is 0.275. The fourth-order valence-electron chi connectivity index (χ4n) is 6.74. The molecule has 2 atom stereocenters. The summed E-state index contributed by atoms with van der Waals surface area (Å²) >= 11 is 9.56. The van der Waals surface area contributed by atoms with Crippen molar-refractivity contribution in [3.05, 3.63) is 115 Å². The van der Waals surface area contributed by atoms with E-state index in [1.807, 2.05) is 11.8 Å². The van der Waals surface area contributed by atoms with Gasteiger partial charge in [0, 0.05) is 44.0 Å². The summed E-state index contributed by atoms with van der Waals surface area (Å²) in [5.41, 5.74) is 13.5. The lowest BCUT2D eigenvalue weighted by Gasteiger charge is -2.26. The number of hydrogen-bond acceptors (Lipinski definition) is 3. The average molecular weight is 626 g/mol. The van der Waals surface area contributed by atoms with E-state index in [0.717, 1.165) is 8.95 Å². The molecule has 0 saturated heterocycles. The number of rotatable bonds is 2. The molecule has 0 fully saturated rings. The molecule has 0 amide bonds. The van der Waals surface area contributed by atoms with Crippen LogP contribution in [-0.4, -0.2) is 14.1 Å². The van der Waals surface area contributed by atoms with Gasteiger partial charge in [-0.1, -0.05) is 92.2 Å². The van der Waals surface area contributed by atoms with Crippen LogP contribution >= 0.6 is 43.6 Å². The van der Waals surface area contributed by atoms with Gasteiger partial charge < -0.3 is 9.80 Å². The number of fused-ring (bicyclic) bond motifs is 10. The van der Waals surface area contributed by atoms with Gasteiger partial charge in [0.1, 0.15) is 0 Å². The largest absolute Gasteiger partial charge is 0.362 e. The lowest BCUT2D eigenvalue weighted by atomic mass is 10.0. The molecule has 0 N–H and O–H groups in total. The van der Waals surface area contributed by atoms with Crippen LogP contribution in [0.3, 0.4) is 0 Å². The number of benzene rings is 4. The molecule has 5 heteroatoms. The third-order valence-corrected chi connectivity index (χ3v) is 10.2. The fourth-order valence-corrected chi connectivity index (χ4v) is 9.27. The van der Waals surface area contributed by atoms with Crippen LogP contribution < -0.4 is 9.80 Å². The summed E-state index contributed by atoms with van der Waals surface area (Å²) in [6, 6.07) is 27.3. The van der Waals surface area contributed by atoms with Gasteiger partial charge in [0.25, 0.3) is 0 Å². The first-order chi connectivity index (χ1) is 18.0. The molecule has 0 saturated carbocycles. The zero-order chi connectivity index (χ0) is 25.0. The van der Waals surface area contributed by atoms with Crippen molar-refractivity contribution in [2.45, 2.75) is 21.9 Å². The number of likely N-dealkylation sites (N-methyl/N-ethyl adjacent to an activating group) is 2. The lowest BCUT2D eigenvalue weighted by Crippen LogP contribution is -2.19. The molecule has 2 aliphatic carbocycles. The molecular weight excluding hydrogens is 604 g/mol. The van der Waals surface area contributed by atoms with Crippen LogP contribution in [0.15, 0.2) is 91.5 Å². The Morgan fingerprint density at radius 2 is 1.05 bits per heavy atom. The molecule has 37 heavy (non-hydrogen) atoms. The summed E-state index contributed by atoms with van der Waals surface area (Å²) in [7, 11) is 4.49. The van der Waals surface area contributed by atoms with Crippen molar-refractivity contribution in [2.24, 2.45) is 0 Å². The van der Waals surface area contributed by atoms with E-state index in [4.69, 9.17) is 0 Å². The Hall–Kier alpha value is -2.73. The van der Waals surface area contributed by atoms with Crippen LogP contribution in [0.5, 0.6) is 0 Å². The Morgan fingerprint density at radius 3 is 1.51 bits per heavy atom. The number of anilines is 2. The van der Waals surface area contributed by atoms with E-state index in [9.17, 15) is 0 Å². The summed E-state index contributed by atoms with van der Waals surface area (Å²) in [5.74, 6) is 0. The zero-order valence-corrected chi connectivity index (χ0v) is 24.3. The highest BCUT2D eigenvalue weighted by Crippen LogP contribution is 2.60. The monoisotopic (exact) mass is 624 g/mol. The molecule has 0 spiro atoms. The van der Waals surface area contributed by atoms with Gasteiger partial charge in [-0.2, -0.15) is 0 Å². The molecule has 0 aromatic heterocycles. The molecule has 0 radical (unpaired) electrons. The van der Waals surface area contributed by atoms with Crippen LogP contribution in [0.2, 0.25) is 0 Å². The second kappa shape index (κ2) is 7.89. The van der Waals surface area contributed by atoms with Crippen molar-refractivity contribution in [2.75, 3.05) is 23.9 Å². The van der Waals surface area contributed by atoms with Crippen LogP contribution in [0.25, 0.3) is 23.3 Å². The Bertz CT molecular complexity index is 1610. The van der Waals surface area contributed by atoms with Gasteiger partial charge in [0.05, 0.1) is 23.5 Å². The summed E-state index contributed by atoms with van der Waals surface area (Å²) in [4.78, 5) is 7.49. The van der Waals surface area contributed by atoms with E-state index in [2.05, 4.69) is 141 Å². The molecule has 0 bridgehead atoms. The first-order valence-corrected chi connectivity index (χ1v) is 14.8. The molecule has 2 heterocycles. The van der Waals surface area contributed by atoms with Gasteiger partial charge in [0.15, 0.2) is 0 Å². The SMILES string of the molecule is CN1c2c(Sc3cc(Br)cc4c3N(C)C3C4=Cc4ccccc43)cc(Br)cc2C2=Cc3ccccc3C21. The van der Waals surface area contributed by atoms with Crippen molar-refractivity contribution in [1.29, 1.82) is 0 Å². The maximum absolute atomic E-state index is 3.84. The maximum Gasteiger partial charge on any atom is 0.0805 e. The van der Waals surface area contributed by atoms with E-state index in [1.165, 1.54) is 65.7 Å². The molecule has 4 aromatic rings. The third kappa shape index (κ3) is 3.05. The molecule has 2 nitrogen and oxygen atoms in total. The Morgan fingerprint density at radius 1 is 0.622 bits per heavy atom. The molecule has 4 aromatic carbocycles. The minimum Gasteiger partial charge on any atom is -0.362 e. The van der Waals surface area contributed by atoms with E-state index >= 15 is 0 Å². The van der Waals surface area contributed by atoms with Crippen molar-refractivity contribution in [3.8, 4) is 0 Å². The highest BCUT2D eigenvalue weighted by Gasteiger charge is 2.41. The predicted molar refractivity (Wildman–Crippen MR) is 163 cm³/mol. The molecule has 180 valence electrons. The minimum absolute atomic E-state index is 0.275. The van der Waals surface area contributed by atoms with Crippen molar-refractivity contribution < 1.29 is 0 Å². The number of halogens is 2. The molecule has 2 unspecified atom stereocenters. The van der Waals surface area contributed by atoms with Gasteiger partial charge in [-0.3, -0.25) is 0 Å². The standard InChI is InChI=1S/C32H22Br2N2S/c1-35-29-21-9-5-3-7-17(21)11-23(29)25-13-19(33)15-27(31(25)35)37-28-16-20(34)14-26-24-12-18-8-4-6-10-22(18)30(24)36(2)32(26)28/h3-16,29-30H,1-2H3. The second-order valence-corrected chi connectivity index (χ2v) is 13.1. The van der Waals surface area contributed by atoms with Crippen molar-refractivity contribution in [3.63, 3.8) is 0 Å². The van der Waals surface area contributed by atoms with Crippen molar-refractivity contribution in [1.82, 2.24) is 0 Å². The Kier molecular flexibility index (Phi) is 4.75. The highest BCUT2D eigenvalue weighted by molar-refractivity contribution is 9.10. The summed E-state index contributed by atoms with van der Waals surface area (Å²) in [6.45, 7) is 0. The van der Waals surface area contributed by atoms with E-state index in [1.54, 1.807) is 0 Å². The van der Waals surface area contributed by atoms with Gasteiger partial charge in [0.2, 0.25) is 0 Å². The summed E-state index contributed by atoms with van der Waals surface area (Å²) < 4.78 is 2.24. The third-order valence-electron chi connectivity index (χ3n) is 8.19. The fraction of sp³-hybridized carbons (Fsp3) is 0.125.